The Kier molecular flexibility index (Phi) is 2.85. The van der Waals surface area contributed by atoms with E-state index in [-0.39, 0.29) is 12.0 Å². The predicted octanol–water partition coefficient (Wildman–Crippen LogP) is 1.73. The van der Waals surface area contributed by atoms with Gasteiger partial charge in [0.1, 0.15) is 0 Å². The van der Waals surface area contributed by atoms with Gasteiger partial charge in [0.25, 0.3) is 0 Å². The fourth-order valence-electron chi connectivity index (χ4n) is 2.09. The van der Waals surface area contributed by atoms with Crippen LogP contribution in [0.15, 0.2) is 30.3 Å². The van der Waals surface area contributed by atoms with Crippen LogP contribution in [0.25, 0.3) is 0 Å². The van der Waals surface area contributed by atoms with Crippen LogP contribution in [0.1, 0.15) is 18.4 Å². The van der Waals surface area contributed by atoms with Gasteiger partial charge in [-0.2, -0.15) is 0 Å². The third-order valence-corrected chi connectivity index (χ3v) is 3.01. The molecule has 1 aliphatic rings. The summed E-state index contributed by atoms with van der Waals surface area (Å²) in [5.41, 5.74) is 1.04. The number of aliphatic hydroxyl groups is 1. The average Bonchev–Trinajstić information content (AvgIpc) is 2.31. The maximum absolute atomic E-state index is 9.51. The van der Waals surface area contributed by atoms with Crippen LogP contribution < -0.4 is 0 Å². The number of ether oxygens (including phenoxy) is 1. The van der Waals surface area contributed by atoms with Crippen LogP contribution in [0.3, 0.4) is 0 Å². The summed E-state index contributed by atoms with van der Waals surface area (Å²) < 4.78 is 5.47. The van der Waals surface area contributed by atoms with Crippen molar-refractivity contribution in [2.45, 2.75) is 18.3 Å². The quantitative estimate of drug-likeness (QED) is 0.773. The van der Waals surface area contributed by atoms with Crippen molar-refractivity contribution in [3.63, 3.8) is 0 Å². The average molecular weight is 192 g/mol. The molecule has 14 heavy (non-hydrogen) atoms. The molecule has 0 amide bonds. The predicted molar refractivity (Wildman–Crippen MR) is 55.3 cm³/mol. The molecule has 0 aromatic heterocycles. The highest BCUT2D eigenvalue weighted by Crippen LogP contribution is 2.32. The highest BCUT2D eigenvalue weighted by atomic mass is 16.5. The van der Waals surface area contributed by atoms with Crippen molar-refractivity contribution in [2.75, 3.05) is 19.8 Å². The molecule has 1 saturated heterocycles. The summed E-state index contributed by atoms with van der Waals surface area (Å²) in [7, 11) is 0. The van der Waals surface area contributed by atoms with Crippen LogP contribution in [0.4, 0.5) is 0 Å². The van der Waals surface area contributed by atoms with Gasteiger partial charge in [0.2, 0.25) is 0 Å². The van der Waals surface area contributed by atoms with Crippen LogP contribution in [0.5, 0.6) is 0 Å². The second kappa shape index (κ2) is 4.11. The van der Waals surface area contributed by atoms with E-state index in [0.717, 1.165) is 19.4 Å². The molecule has 1 heterocycles. The minimum atomic E-state index is -0.153. The van der Waals surface area contributed by atoms with E-state index in [4.69, 9.17) is 4.74 Å². The van der Waals surface area contributed by atoms with Crippen molar-refractivity contribution in [1.82, 2.24) is 0 Å². The van der Waals surface area contributed by atoms with Crippen molar-refractivity contribution in [3.05, 3.63) is 35.9 Å². The lowest BCUT2D eigenvalue weighted by Crippen LogP contribution is -2.39. The number of hydrogen-bond acceptors (Lipinski definition) is 2. The lowest BCUT2D eigenvalue weighted by atomic mass is 9.77. The molecule has 2 heteroatoms. The van der Waals surface area contributed by atoms with Gasteiger partial charge in [-0.3, -0.25) is 0 Å². The van der Waals surface area contributed by atoms with Gasteiger partial charge in [0, 0.05) is 12.0 Å². The van der Waals surface area contributed by atoms with E-state index in [9.17, 15) is 5.11 Å². The van der Waals surface area contributed by atoms with Crippen molar-refractivity contribution in [1.29, 1.82) is 0 Å². The number of benzene rings is 1. The van der Waals surface area contributed by atoms with Crippen molar-refractivity contribution >= 4 is 0 Å². The molecule has 2 nitrogen and oxygen atoms in total. The first-order valence-electron chi connectivity index (χ1n) is 5.11. The van der Waals surface area contributed by atoms with Gasteiger partial charge in [0.05, 0.1) is 13.2 Å². The van der Waals surface area contributed by atoms with Crippen LogP contribution in [-0.2, 0) is 10.2 Å². The molecule has 0 unspecified atom stereocenters. The Balaban J connectivity index is 2.27. The molecular formula is C12H16O2. The zero-order valence-electron chi connectivity index (χ0n) is 8.28. The van der Waals surface area contributed by atoms with Gasteiger partial charge in [-0.25, -0.2) is 0 Å². The first kappa shape index (κ1) is 9.69. The lowest BCUT2D eigenvalue weighted by molar-refractivity contribution is 0.00696. The number of aliphatic hydroxyl groups excluding tert-OH is 1. The van der Waals surface area contributed by atoms with Gasteiger partial charge in [-0.05, 0) is 18.4 Å². The van der Waals surface area contributed by atoms with Gasteiger partial charge in [-0.15, -0.1) is 0 Å². The SMILES string of the molecule is OC[C@@]1(c2ccccc2)CCCOC1. The highest BCUT2D eigenvalue weighted by Gasteiger charge is 2.33. The summed E-state index contributed by atoms with van der Waals surface area (Å²) in [6, 6.07) is 10.2. The van der Waals surface area contributed by atoms with Crippen LogP contribution in [0.2, 0.25) is 0 Å². The Hall–Kier alpha value is -0.860. The molecule has 0 aliphatic carbocycles. The van der Waals surface area contributed by atoms with Gasteiger partial charge >= 0.3 is 0 Å². The van der Waals surface area contributed by atoms with E-state index in [0.29, 0.717) is 6.61 Å². The van der Waals surface area contributed by atoms with E-state index in [1.165, 1.54) is 5.56 Å². The second-order valence-corrected chi connectivity index (χ2v) is 3.96. The summed E-state index contributed by atoms with van der Waals surface area (Å²) in [5.74, 6) is 0. The van der Waals surface area contributed by atoms with Gasteiger partial charge in [-0.1, -0.05) is 30.3 Å². The number of rotatable bonds is 2. The Morgan fingerprint density at radius 1 is 1.29 bits per heavy atom. The summed E-state index contributed by atoms with van der Waals surface area (Å²) in [6.07, 6.45) is 2.06. The smallest absolute Gasteiger partial charge is 0.0585 e. The zero-order chi connectivity index (χ0) is 9.86. The molecule has 1 N–H and O–H groups in total. The third-order valence-electron chi connectivity index (χ3n) is 3.01. The summed E-state index contributed by atoms with van der Waals surface area (Å²) in [4.78, 5) is 0. The monoisotopic (exact) mass is 192 g/mol. The molecule has 0 saturated carbocycles. The maximum atomic E-state index is 9.51. The topological polar surface area (TPSA) is 29.5 Å². The molecule has 76 valence electrons. The van der Waals surface area contributed by atoms with E-state index in [2.05, 4.69) is 12.1 Å². The minimum absolute atomic E-state index is 0.153. The minimum Gasteiger partial charge on any atom is -0.395 e. The molecule has 0 spiro atoms. The molecule has 0 bridgehead atoms. The Morgan fingerprint density at radius 3 is 2.64 bits per heavy atom. The maximum Gasteiger partial charge on any atom is 0.0585 e. The molecule has 1 aromatic carbocycles. The van der Waals surface area contributed by atoms with E-state index < -0.39 is 0 Å². The van der Waals surface area contributed by atoms with Crippen molar-refractivity contribution in [3.8, 4) is 0 Å². The van der Waals surface area contributed by atoms with E-state index >= 15 is 0 Å². The fraction of sp³-hybridized carbons (Fsp3) is 0.500. The van der Waals surface area contributed by atoms with Crippen LogP contribution in [0, 0.1) is 0 Å². The van der Waals surface area contributed by atoms with Crippen LogP contribution in [-0.4, -0.2) is 24.9 Å². The van der Waals surface area contributed by atoms with Gasteiger partial charge < -0.3 is 9.84 Å². The first-order chi connectivity index (χ1) is 6.87. The standard InChI is InChI=1S/C12H16O2/c13-9-12(7-4-8-14-10-12)11-5-2-1-3-6-11/h1-3,5-6,13H,4,7-10H2/t12-/m0/s1. The zero-order valence-corrected chi connectivity index (χ0v) is 8.28. The van der Waals surface area contributed by atoms with Crippen molar-refractivity contribution < 1.29 is 9.84 Å². The van der Waals surface area contributed by atoms with Crippen molar-refractivity contribution in [2.24, 2.45) is 0 Å². The van der Waals surface area contributed by atoms with E-state index in [1.54, 1.807) is 0 Å². The first-order valence-corrected chi connectivity index (χ1v) is 5.11. The summed E-state index contributed by atoms with van der Waals surface area (Å²) in [5, 5.41) is 9.51. The second-order valence-electron chi connectivity index (χ2n) is 3.96. The van der Waals surface area contributed by atoms with E-state index in [1.807, 2.05) is 18.2 Å². The summed E-state index contributed by atoms with van der Waals surface area (Å²) >= 11 is 0. The molecule has 1 fully saturated rings. The van der Waals surface area contributed by atoms with Crippen LogP contribution >= 0.6 is 0 Å². The molecule has 1 aromatic rings. The summed E-state index contributed by atoms with van der Waals surface area (Å²) in [6.45, 7) is 1.65. The molecule has 1 aliphatic heterocycles. The fourth-order valence-corrected chi connectivity index (χ4v) is 2.09. The lowest BCUT2D eigenvalue weighted by Gasteiger charge is -2.35. The highest BCUT2D eigenvalue weighted by molar-refractivity contribution is 5.26. The Bertz CT molecular complexity index is 276. The third kappa shape index (κ3) is 1.68. The largest absolute Gasteiger partial charge is 0.395 e. The Labute approximate surface area is 84.5 Å². The molecule has 2 rings (SSSR count). The number of hydrogen-bond donors (Lipinski definition) is 1. The molecule has 1 atom stereocenters. The Morgan fingerprint density at radius 2 is 2.07 bits per heavy atom. The molecular weight excluding hydrogens is 176 g/mol. The van der Waals surface area contributed by atoms with Gasteiger partial charge in [0.15, 0.2) is 0 Å². The normalized spacial score (nSPS) is 27.5. The molecule has 0 radical (unpaired) electrons.